The molecule has 2 rings (SSSR count). The van der Waals surface area contributed by atoms with Gasteiger partial charge in [0.1, 0.15) is 0 Å². The molecule has 1 N–H and O–H groups in total. The minimum absolute atomic E-state index is 0.328. The zero-order valence-electron chi connectivity index (χ0n) is 13.2. The van der Waals surface area contributed by atoms with Gasteiger partial charge in [-0.3, -0.25) is 0 Å². The topological polar surface area (TPSA) is 21.3 Å². The Hall–Kier alpha value is -0.860. The van der Waals surface area contributed by atoms with Crippen LogP contribution in [0.15, 0.2) is 18.2 Å². The van der Waals surface area contributed by atoms with Gasteiger partial charge in [-0.05, 0) is 50.3 Å². The summed E-state index contributed by atoms with van der Waals surface area (Å²) in [6, 6.07) is 7.03. The summed E-state index contributed by atoms with van der Waals surface area (Å²) in [7, 11) is 0. The van der Waals surface area contributed by atoms with Crippen LogP contribution < -0.4 is 5.32 Å². The van der Waals surface area contributed by atoms with Gasteiger partial charge in [-0.2, -0.15) is 0 Å². The predicted octanol–water partition coefficient (Wildman–Crippen LogP) is 4.16. The smallest absolute Gasteiger partial charge is 0.0661 e. The molecular formula is C18H29NO. The van der Waals surface area contributed by atoms with E-state index in [2.05, 4.69) is 44.3 Å². The fourth-order valence-corrected chi connectivity index (χ4v) is 2.57. The Labute approximate surface area is 123 Å². The SMILES string of the molecule is CCCNC(COCCC1CC1)c1cc(C)ccc1C. The van der Waals surface area contributed by atoms with Crippen LogP contribution >= 0.6 is 0 Å². The highest BCUT2D eigenvalue weighted by molar-refractivity contribution is 5.33. The molecule has 1 unspecified atom stereocenters. The summed E-state index contributed by atoms with van der Waals surface area (Å²) in [4.78, 5) is 0. The van der Waals surface area contributed by atoms with Crippen molar-refractivity contribution < 1.29 is 4.74 Å². The standard InChI is InChI=1S/C18H29NO/c1-4-10-19-18(13-20-11-9-16-7-8-16)17-12-14(2)5-6-15(17)3/h5-6,12,16,18-19H,4,7-11,13H2,1-3H3. The van der Waals surface area contributed by atoms with E-state index in [1.807, 2.05) is 0 Å². The fourth-order valence-electron chi connectivity index (χ4n) is 2.57. The summed E-state index contributed by atoms with van der Waals surface area (Å²) in [5.74, 6) is 0.956. The Balaban J connectivity index is 1.91. The summed E-state index contributed by atoms with van der Waals surface area (Å²) in [6.07, 6.45) is 5.23. The molecule has 2 heteroatoms. The van der Waals surface area contributed by atoms with Gasteiger partial charge in [0.15, 0.2) is 0 Å². The second-order valence-corrected chi connectivity index (χ2v) is 6.17. The zero-order chi connectivity index (χ0) is 14.4. The lowest BCUT2D eigenvalue weighted by Crippen LogP contribution is -2.27. The van der Waals surface area contributed by atoms with Crippen molar-refractivity contribution in [3.05, 3.63) is 34.9 Å². The summed E-state index contributed by atoms with van der Waals surface area (Å²) in [5, 5.41) is 3.63. The van der Waals surface area contributed by atoms with Crippen molar-refractivity contribution in [1.82, 2.24) is 5.32 Å². The van der Waals surface area contributed by atoms with E-state index >= 15 is 0 Å². The van der Waals surface area contributed by atoms with Crippen molar-refractivity contribution in [2.45, 2.75) is 52.5 Å². The van der Waals surface area contributed by atoms with Crippen LogP contribution in [0.25, 0.3) is 0 Å². The lowest BCUT2D eigenvalue weighted by atomic mass is 9.99. The lowest BCUT2D eigenvalue weighted by Gasteiger charge is -2.21. The molecule has 1 saturated carbocycles. The third kappa shape index (κ3) is 4.92. The maximum Gasteiger partial charge on any atom is 0.0661 e. The quantitative estimate of drug-likeness (QED) is 0.683. The van der Waals surface area contributed by atoms with Gasteiger partial charge in [0, 0.05) is 6.61 Å². The maximum atomic E-state index is 5.93. The number of rotatable bonds is 9. The molecule has 0 bridgehead atoms. The zero-order valence-corrected chi connectivity index (χ0v) is 13.2. The molecule has 0 amide bonds. The molecule has 112 valence electrons. The molecule has 0 spiro atoms. The van der Waals surface area contributed by atoms with Gasteiger partial charge >= 0.3 is 0 Å². The van der Waals surface area contributed by atoms with E-state index in [1.165, 1.54) is 36.0 Å². The van der Waals surface area contributed by atoms with E-state index < -0.39 is 0 Å². The molecule has 1 aliphatic carbocycles. The van der Waals surface area contributed by atoms with Crippen molar-refractivity contribution >= 4 is 0 Å². The van der Waals surface area contributed by atoms with Crippen molar-refractivity contribution in [2.75, 3.05) is 19.8 Å². The highest BCUT2D eigenvalue weighted by atomic mass is 16.5. The Kier molecular flexibility index (Phi) is 6.06. The van der Waals surface area contributed by atoms with E-state index in [0.29, 0.717) is 6.04 Å². The molecule has 1 aromatic rings. The maximum absolute atomic E-state index is 5.93. The summed E-state index contributed by atoms with van der Waals surface area (Å²) in [5.41, 5.74) is 4.08. The molecular weight excluding hydrogens is 246 g/mol. The molecule has 20 heavy (non-hydrogen) atoms. The van der Waals surface area contributed by atoms with Crippen molar-refractivity contribution in [2.24, 2.45) is 5.92 Å². The molecule has 0 saturated heterocycles. The van der Waals surface area contributed by atoms with Gasteiger partial charge in [0.2, 0.25) is 0 Å². The summed E-state index contributed by atoms with van der Waals surface area (Å²) in [6.45, 7) is 9.31. The average molecular weight is 275 g/mol. The number of ether oxygens (including phenoxy) is 1. The Morgan fingerprint density at radius 1 is 1.30 bits per heavy atom. The Bertz CT molecular complexity index is 412. The second-order valence-electron chi connectivity index (χ2n) is 6.17. The molecule has 1 aromatic carbocycles. The minimum Gasteiger partial charge on any atom is -0.379 e. The normalized spacial score (nSPS) is 16.4. The van der Waals surface area contributed by atoms with Crippen LogP contribution in [0.3, 0.4) is 0 Å². The van der Waals surface area contributed by atoms with Crippen LogP contribution in [0.5, 0.6) is 0 Å². The van der Waals surface area contributed by atoms with E-state index in [4.69, 9.17) is 4.74 Å². The van der Waals surface area contributed by atoms with E-state index in [0.717, 1.165) is 32.1 Å². The van der Waals surface area contributed by atoms with Crippen LogP contribution in [0.2, 0.25) is 0 Å². The molecule has 1 aliphatic rings. The largest absolute Gasteiger partial charge is 0.379 e. The van der Waals surface area contributed by atoms with Gasteiger partial charge in [0.05, 0.1) is 12.6 Å². The first-order valence-electron chi connectivity index (χ1n) is 8.09. The first-order chi connectivity index (χ1) is 9.70. The van der Waals surface area contributed by atoms with Crippen LogP contribution in [0.4, 0.5) is 0 Å². The molecule has 1 atom stereocenters. The van der Waals surface area contributed by atoms with Gasteiger partial charge in [-0.25, -0.2) is 0 Å². The third-order valence-electron chi connectivity index (χ3n) is 4.10. The van der Waals surface area contributed by atoms with E-state index in [9.17, 15) is 0 Å². The number of nitrogens with one attached hydrogen (secondary N) is 1. The van der Waals surface area contributed by atoms with Crippen LogP contribution in [-0.4, -0.2) is 19.8 Å². The molecule has 0 radical (unpaired) electrons. The van der Waals surface area contributed by atoms with Crippen molar-refractivity contribution in [3.8, 4) is 0 Å². The van der Waals surface area contributed by atoms with Gasteiger partial charge in [-0.15, -0.1) is 0 Å². The first-order valence-corrected chi connectivity index (χ1v) is 8.09. The van der Waals surface area contributed by atoms with E-state index in [1.54, 1.807) is 0 Å². The number of hydrogen-bond acceptors (Lipinski definition) is 2. The summed E-state index contributed by atoms with van der Waals surface area (Å²) >= 11 is 0. The number of hydrogen-bond donors (Lipinski definition) is 1. The number of benzene rings is 1. The highest BCUT2D eigenvalue weighted by Crippen LogP contribution is 2.32. The van der Waals surface area contributed by atoms with Crippen LogP contribution in [0.1, 0.15) is 55.3 Å². The monoisotopic (exact) mass is 275 g/mol. The highest BCUT2D eigenvalue weighted by Gasteiger charge is 2.21. The minimum atomic E-state index is 0.328. The molecule has 0 aromatic heterocycles. The molecule has 0 heterocycles. The van der Waals surface area contributed by atoms with Crippen LogP contribution in [-0.2, 0) is 4.74 Å². The Morgan fingerprint density at radius 2 is 2.10 bits per heavy atom. The van der Waals surface area contributed by atoms with Gasteiger partial charge in [-0.1, -0.05) is 43.5 Å². The number of aryl methyl sites for hydroxylation is 2. The average Bonchev–Trinajstić information content (AvgIpc) is 3.25. The van der Waals surface area contributed by atoms with Crippen LogP contribution in [0, 0.1) is 19.8 Å². The van der Waals surface area contributed by atoms with Crippen molar-refractivity contribution in [3.63, 3.8) is 0 Å². The fraction of sp³-hybridized carbons (Fsp3) is 0.667. The molecule has 2 nitrogen and oxygen atoms in total. The van der Waals surface area contributed by atoms with E-state index in [-0.39, 0.29) is 0 Å². The second kappa shape index (κ2) is 7.80. The predicted molar refractivity (Wildman–Crippen MR) is 85.1 cm³/mol. The lowest BCUT2D eigenvalue weighted by molar-refractivity contribution is 0.106. The summed E-state index contributed by atoms with van der Waals surface area (Å²) < 4.78 is 5.93. The van der Waals surface area contributed by atoms with Crippen molar-refractivity contribution in [1.29, 1.82) is 0 Å². The first kappa shape index (κ1) is 15.5. The van der Waals surface area contributed by atoms with Gasteiger partial charge < -0.3 is 10.1 Å². The molecule has 1 fully saturated rings. The third-order valence-corrected chi connectivity index (χ3v) is 4.10. The Morgan fingerprint density at radius 3 is 2.80 bits per heavy atom. The van der Waals surface area contributed by atoms with Gasteiger partial charge in [0.25, 0.3) is 0 Å². The molecule has 0 aliphatic heterocycles.